The molecule has 2 aliphatic heterocycles. The fourth-order valence-corrected chi connectivity index (χ4v) is 8.82. The van der Waals surface area contributed by atoms with E-state index in [1.54, 1.807) is 6.33 Å². The summed E-state index contributed by atoms with van der Waals surface area (Å²) in [5.41, 5.74) is 0.822. The molecule has 2 aromatic carbocycles. The van der Waals surface area contributed by atoms with Gasteiger partial charge in [0.1, 0.15) is 11.1 Å². The Bertz CT molecular complexity index is 2180. The number of imidazole rings is 1. The SMILES string of the molecule is Cc1c(C(=O)NC2(C(F)F)CC2)cc(Nc2nc(-c3ccc4c(c3)N(C3CC(C)(N5CCCCC5)C3)C(=O)C4(C)C)cc3ncn(C(C)C)c23)c(F)c1F. The lowest BCUT2D eigenvalue weighted by atomic mass is 9.71. The van der Waals surface area contributed by atoms with Gasteiger partial charge in [-0.1, -0.05) is 18.6 Å². The maximum absolute atomic E-state index is 15.7. The number of nitrogens with one attached hydrogen (secondary N) is 2. The number of fused-ring (bicyclic) bond motifs is 2. The number of amides is 2. The van der Waals surface area contributed by atoms with Crippen LogP contribution >= 0.6 is 0 Å². The Balaban J connectivity index is 1.17. The predicted molar refractivity (Wildman–Crippen MR) is 201 cm³/mol. The molecule has 2 aliphatic carbocycles. The quantitative estimate of drug-likeness (QED) is 0.167. The van der Waals surface area contributed by atoms with E-state index < -0.39 is 34.9 Å². The molecule has 2 N–H and O–H groups in total. The van der Waals surface area contributed by atoms with Gasteiger partial charge >= 0.3 is 0 Å². The highest BCUT2D eigenvalue weighted by atomic mass is 19.3. The average Bonchev–Trinajstić information content (AvgIpc) is 3.73. The lowest BCUT2D eigenvalue weighted by Gasteiger charge is -2.55. The third kappa shape index (κ3) is 5.76. The van der Waals surface area contributed by atoms with E-state index in [0.717, 1.165) is 43.2 Å². The van der Waals surface area contributed by atoms with E-state index in [1.165, 1.54) is 26.2 Å². The van der Waals surface area contributed by atoms with Crippen LogP contribution in [0.2, 0.25) is 0 Å². The molecule has 4 aliphatic rings. The number of pyridine rings is 1. The van der Waals surface area contributed by atoms with Crippen LogP contribution < -0.4 is 15.5 Å². The summed E-state index contributed by atoms with van der Waals surface area (Å²) in [4.78, 5) is 41.4. The maximum Gasteiger partial charge on any atom is 0.261 e. The summed E-state index contributed by atoms with van der Waals surface area (Å²) < 4.78 is 60.3. The summed E-state index contributed by atoms with van der Waals surface area (Å²) in [6.45, 7) is 13.6. The van der Waals surface area contributed by atoms with Crippen LogP contribution in [0, 0.1) is 18.6 Å². The van der Waals surface area contributed by atoms with Gasteiger partial charge in [0.2, 0.25) is 5.91 Å². The van der Waals surface area contributed by atoms with Crippen LogP contribution in [0.3, 0.4) is 0 Å². The Hall–Kier alpha value is -4.52. The topological polar surface area (TPSA) is 95.4 Å². The summed E-state index contributed by atoms with van der Waals surface area (Å²) >= 11 is 0. The number of carbonyl (C=O) groups is 2. The molecule has 4 aromatic rings. The molecular formula is C41H47F4N7O2. The molecule has 3 fully saturated rings. The number of likely N-dealkylation sites (tertiary alicyclic amines) is 1. The molecular weight excluding hydrogens is 698 g/mol. The first-order valence-corrected chi connectivity index (χ1v) is 19.0. The first-order chi connectivity index (χ1) is 25.5. The van der Waals surface area contributed by atoms with Gasteiger partial charge in [-0.3, -0.25) is 14.5 Å². The standard InChI is InChI=1S/C41H47F4N7O2/c1-22(2)51-21-46-30-18-28(47-35(34(30)51)48-29-17-26(23(3)32(42)33(29)43)36(53)49-41(12-13-41)37(44)45)24-10-11-27-31(16-24)52(38(54)39(27,4)5)25-19-40(6,20-25)50-14-8-7-9-15-50/h10-11,16-18,21-22,25,37H,7-9,12-15,19-20H2,1-6H3,(H,47,48)(H,49,53). The van der Waals surface area contributed by atoms with Crippen molar-refractivity contribution in [2.45, 2.75) is 121 Å². The minimum atomic E-state index is -2.79. The van der Waals surface area contributed by atoms with Gasteiger partial charge in [-0.05, 0) is 117 Å². The summed E-state index contributed by atoms with van der Waals surface area (Å²) in [6.07, 6.45) is 4.52. The van der Waals surface area contributed by atoms with Crippen molar-refractivity contribution in [1.82, 2.24) is 24.8 Å². The Morgan fingerprint density at radius 1 is 0.981 bits per heavy atom. The average molecular weight is 746 g/mol. The molecule has 4 heterocycles. The number of hydrogen-bond acceptors (Lipinski definition) is 6. The third-order valence-electron chi connectivity index (χ3n) is 12.4. The molecule has 286 valence electrons. The highest BCUT2D eigenvalue weighted by molar-refractivity contribution is 6.09. The third-order valence-corrected chi connectivity index (χ3v) is 12.4. The zero-order chi connectivity index (χ0) is 38.5. The van der Waals surface area contributed by atoms with E-state index in [0.29, 0.717) is 22.3 Å². The highest BCUT2D eigenvalue weighted by Gasteiger charge is 2.54. The first-order valence-electron chi connectivity index (χ1n) is 19.0. The summed E-state index contributed by atoms with van der Waals surface area (Å²) in [5.74, 6) is -3.18. The Morgan fingerprint density at radius 2 is 1.69 bits per heavy atom. The van der Waals surface area contributed by atoms with Crippen molar-refractivity contribution in [2.75, 3.05) is 23.3 Å². The zero-order valence-corrected chi connectivity index (χ0v) is 31.6. The summed E-state index contributed by atoms with van der Waals surface area (Å²) in [7, 11) is 0. The fraction of sp³-hybridized carbons (Fsp3) is 0.512. The molecule has 9 nitrogen and oxygen atoms in total. The molecule has 2 saturated carbocycles. The predicted octanol–water partition coefficient (Wildman–Crippen LogP) is 8.57. The Kier molecular flexibility index (Phi) is 8.63. The zero-order valence-electron chi connectivity index (χ0n) is 31.6. The number of anilines is 3. The lowest BCUT2D eigenvalue weighted by Crippen LogP contribution is -2.64. The van der Waals surface area contributed by atoms with E-state index in [-0.39, 0.29) is 59.0 Å². The Labute approximate surface area is 312 Å². The van der Waals surface area contributed by atoms with Gasteiger partial charge in [-0.25, -0.2) is 27.5 Å². The molecule has 2 aromatic heterocycles. The van der Waals surface area contributed by atoms with Gasteiger partial charge in [0, 0.05) is 40.0 Å². The number of hydrogen-bond donors (Lipinski definition) is 2. The number of alkyl halides is 2. The van der Waals surface area contributed by atoms with Crippen LogP contribution in [0.1, 0.15) is 107 Å². The van der Waals surface area contributed by atoms with Crippen LogP contribution in [0.15, 0.2) is 36.7 Å². The van der Waals surface area contributed by atoms with Crippen molar-refractivity contribution in [2.24, 2.45) is 0 Å². The smallest absolute Gasteiger partial charge is 0.261 e. The molecule has 0 bridgehead atoms. The molecule has 0 radical (unpaired) electrons. The largest absolute Gasteiger partial charge is 0.341 e. The monoisotopic (exact) mass is 745 g/mol. The van der Waals surface area contributed by atoms with E-state index in [2.05, 4.69) is 27.4 Å². The molecule has 0 atom stereocenters. The van der Waals surface area contributed by atoms with Crippen molar-refractivity contribution >= 4 is 40.0 Å². The summed E-state index contributed by atoms with van der Waals surface area (Å²) in [6, 6.07) is 8.83. The van der Waals surface area contributed by atoms with Crippen LogP contribution in [0.4, 0.5) is 34.8 Å². The van der Waals surface area contributed by atoms with Crippen molar-refractivity contribution in [3.05, 3.63) is 65.0 Å². The number of piperidine rings is 1. The van der Waals surface area contributed by atoms with Gasteiger partial charge in [-0.2, -0.15) is 0 Å². The summed E-state index contributed by atoms with van der Waals surface area (Å²) in [5, 5.41) is 5.29. The second-order valence-electron chi connectivity index (χ2n) is 16.9. The minimum absolute atomic E-state index is 0.0613. The molecule has 0 unspecified atom stereocenters. The van der Waals surface area contributed by atoms with Crippen LogP contribution in [-0.4, -0.2) is 67.9 Å². The van der Waals surface area contributed by atoms with Crippen LogP contribution in [0.5, 0.6) is 0 Å². The molecule has 2 amide bonds. The van der Waals surface area contributed by atoms with Gasteiger partial charge in [-0.15, -0.1) is 0 Å². The van der Waals surface area contributed by atoms with E-state index >= 15 is 8.78 Å². The molecule has 13 heteroatoms. The van der Waals surface area contributed by atoms with Crippen molar-refractivity contribution in [3.8, 4) is 11.3 Å². The second-order valence-corrected chi connectivity index (χ2v) is 16.9. The number of nitrogens with zero attached hydrogens (tertiary/aromatic N) is 5. The number of rotatable bonds is 9. The van der Waals surface area contributed by atoms with E-state index in [1.807, 2.05) is 61.4 Å². The fourth-order valence-electron chi connectivity index (χ4n) is 8.82. The van der Waals surface area contributed by atoms with Crippen molar-refractivity contribution in [3.63, 3.8) is 0 Å². The van der Waals surface area contributed by atoms with Gasteiger partial charge in [0.05, 0.1) is 28.6 Å². The number of halogens is 4. The number of benzene rings is 2. The second kappa shape index (κ2) is 12.8. The van der Waals surface area contributed by atoms with Crippen molar-refractivity contribution < 1.29 is 27.2 Å². The molecule has 0 spiro atoms. The van der Waals surface area contributed by atoms with Gasteiger partial charge < -0.3 is 20.1 Å². The first kappa shape index (κ1) is 36.5. The van der Waals surface area contributed by atoms with Crippen LogP contribution in [-0.2, 0) is 10.2 Å². The lowest BCUT2D eigenvalue weighted by molar-refractivity contribution is -0.123. The van der Waals surface area contributed by atoms with Crippen molar-refractivity contribution in [1.29, 1.82) is 0 Å². The van der Waals surface area contributed by atoms with Gasteiger partial charge in [0.25, 0.3) is 12.3 Å². The maximum atomic E-state index is 15.7. The molecule has 8 rings (SSSR count). The van der Waals surface area contributed by atoms with E-state index in [9.17, 15) is 18.4 Å². The van der Waals surface area contributed by atoms with Crippen LogP contribution in [0.25, 0.3) is 22.3 Å². The van der Waals surface area contributed by atoms with E-state index in [4.69, 9.17) is 4.98 Å². The number of carbonyl (C=O) groups excluding carboxylic acids is 2. The minimum Gasteiger partial charge on any atom is -0.341 e. The molecule has 54 heavy (non-hydrogen) atoms. The normalized spacial score (nSPS) is 23.2. The molecule has 1 saturated heterocycles. The van der Waals surface area contributed by atoms with Gasteiger partial charge in [0.15, 0.2) is 17.5 Å². The number of aromatic nitrogens is 3. The highest BCUT2D eigenvalue weighted by Crippen LogP contribution is 2.51. The Morgan fingerprint density at radius 3 is 2.33 bits per heavy atom.